The Kier molecular flexibility index (Phi) is 8.78. The molecule has 0 aromatic rings. The summed E-state index contributed by atoms with van der Waals surface area (Å²) in [6, 6.07) is 0. The lowest BCUT2D eigenvalue weighted by Gasteiger charge is -2.11. The van der Waals surface area contributed by atoms with Crippen LogP contribution in [-0.2, 0) is 0 Å². The van der Waals surface area contributed by atoms with Gasteiger partial charge in [0.25, 0.3) is 0 Å². The van der Waals surface area contributed by atoms with Crippen LogP contribution in [0.3, 0.4) is 0 Å². The van der Waals surface area contributed by atoms with E-state index in [1.54, 1.807) is 0 Å². The van der Waals surface area contributed by atoms with Gasteiger partial charge in [0, 0.05) is 0 Å². The van der Waals surface area contributed by atoms with Crippen LogP contribution in [0, 0.1) is 0 Å². The summed E-state index contributed by atoms with van der Waals surface area (Å²) in [6.07, 6.45) is 12.6. The summed E-state index contributed by atoms with van der Waals surface area (Å²) in [7, 11) is -1.16. The van der Waals surface area contributed by atoms with Crippen molar-refractivity contribution in [2.45, 2.75) is 65.5 Å². The van der Waals surface area contributed by atoms with Crippen molar-refractivity contribution in [2.75, 3.05) is 0 Å². The Labute approximate surface area is 97.5 Å². The maximum Gasteiger partial charge on any atom is 0.0947 e. The molecular formula is C14H28Si. The molecule has 0 spiro atoms. The maximum absolute atomic E-state index is 2.48. The fraction of sp³-hybridized carbons (Fsp3) is 0.714. The van der Waals surface area contributed by atoms with Gasteiger partial charge in [0.05, 0.1) is 8.07 Å². The van der Waals surface area contributed by atoms with Gasteiger partial charge in [-0.25, -0.2) is 0 Å². The molecule has 0 fully saturated rings. The number of allylic oxidation sites excluding steroid dienone is 2. The van der Waals surface area contributed by atoms with Gasteiger partial charge in [-0.05, 0) is 12.8 Å². The van der Waals surface area contributed by atoms with Gasteiger partial charge in [-0.1, -0.05) is 76.2 Å². The van der Waals surface area contributed by atoms with Gasteiger partial charge in [-0.15, -0.1) is 0 Å². The normalized spacial score (nSPS) is 13.1. The largest absolute Gasteiger partial charge is 0.0948 e. The highest BCUT2D eigenvalue weighted by molar-refractivity contribution is 6.86. The van der Waals surface area contributed by atoms with E-state index in [2.05, 4.69) is 50.5 Å². The molecule has 0 unspecified atom stereocenters. The van der Waals surface area contributed by atoms with Gasteiger partial charge >= 0.3 is 0 Å². The molecule has 0 saturated carbocycles. The lowest BCUT2D eigenvalue weighted by atomic mass is 10.2. The molecule has 0 aliphatic heterocycles. The van der Waals surface area contributed by atoms with Crippen molar-refractivity contribution < 1.29 is 0 Å². The van der Waals surface area contributed by atoms with Crippen molar-refractivity contribution in [3.05, 3.63) is 23.6 Å². The molecule has 0 saturated heterocycles. The molecular weight excluding hydrogens is 196 g/mol. The number of unbranched alkanes of at least 4 members (excludes halogenated alkanes) is 4. The quantitative estimate of drug-likeness (QED) is 0.389. The number of hydrogen-bond donors (Lipinski definition) is 0. The van der Waals surface area contributed by atoms with Gasteiger partial charge in [-0.3, -0.25) is 0 Å². The van der Waals surface area contributed by atoms with Crippen molar-refractivity contribution >= 4 is 8.07 Å². The molecule has 1 heteroatoms. The second-order valence-corrected chi connectivity index (χ2v) is 9.22. The first kappa shape index (κ1) is 14.7. The Balaban J connectivity index is 3.83. The summed E-state index contributed by atoms with van der Waals surface area (Å²) in [5.41, 5.74) is 4.95. The van der Waals surface area contributed by atoms with Crippen LogP contribution < -0.4 is 0 Å². The van der Waals surface area contributed by atoms with Gasteiger partial charge < -0.3 is 0 Å². The fourth-order valence-electron chi connectivity index (χ4n) is 1.47. The molecule has 0 nitrogen and oxygen atoms in total. The standard InChI is InChI=1S/C14H28Si/c1-5-7-9-11-13-15(3,4)14-12-10-8-6-2/h11-14H,5-10H2,1-4H3. The predicted molar refractivity (Wildman–Crippen MR) is 74.8 cm³/mol. The van der Waals surface area contributed by atoms with Crippen LogP contribution in [0.5, 0.6) is 0 Å². The van der Waals surface area contributed by atoms with Gasteiger partial charge in [0.1, 0.15) is 0 Å². The molecule has 0 rings (SSSR count). The van der Waals surface area contributed by atoms with E-state index in [9.17, 15) is 0 Å². The lowest BCUT2D eigenvalue weighted by molar-refractivity contribution is 0.814. The molecule has 88 valence electrons. The SMILES string of the molecule is CCCCC=C[Si](C)(C)C=CCCCC. The smallest absolute Gasteiger partial charge is 0.0947 e. The van der Waals surface area contributed by atoms with E-state index in [1.807, 2.05) is 0 Å². The zero-order valence-electron chi connectivity index (χ0n) is 11.1. The summed E-state index contributed by atoms with van der Waals surface area (Å²) in [6.45, 7) is 9.33. The third-order valence-corrected chi connectivity index (χ3v) is 4.73. The molecule has 0 bridgehead atoms. The van der Waals surface area contributed by atoms with Crippen molar-refractivity contribution in [2.24, 2.45) is 0 Å². The van der Waals surface area contributed by atoms with Crippen LogP contribution in [-0.4, -0.2) is 8.07 Å². The highest BCUT2D eigenvalue weighted by Gasteiger charge is 2.10. The summed E-state index contributed by atoms with van der Waals surface area (Å²) >= 11 is 0. The predicted octanol–water partition coefficient (Wildman–Crippen LogP) is 5.27. The highest BCUT2D eigenvalue weighted by Crippen LogP contribution is 2.09. The average molecular weight is 224 g/mol. The average Bonchev–Trinajstić information content (AvgIpc) is 2.20. The first-order valence-corrected chi connectivity index (χ1v) is 9.63. The molecule has 0 aliphatic carbocycles. The van der Waals surface area contributed by atoms with E-state index in [0.29, 0.717) is 0 Å². The molecule has 0 aliphatic rings. The molecule has 0 aromatic carbocycles. The van der Waals surface area contributed by atoms with E-state index in [4.69, 9.17) is 0 Å². The van der Waals surface area contributed by atoms with Crippen LogP contribution >= 0.6 is 0 Å². The van der Waals surface area contributed by atoms with E-state index in [0.717, 1.165) is 0 Å². The Morgan fingerprint density at radius 1 is 0.800 bits per heavy atom. The highest BCUT2D eigenvalue weighted by atomic mass is 28.3. The van der Waals surface area contributed by atoms with Gasteiger partial charge in [-0.2, -0.15) is 0 Å². The number of rotatable bonds is 8. The fourth-order valence-corrected chi connectivity index (χ4v) is 3.13. The minimum absolute atomic E-state index is 1.16. The third kappa shape index (κ3) is 9.99. The van der Waals surface area contributed by atoms with Crippen molar-refractivity contribution in [3.63, 3.8) is 0 Å². The summed E-state index contributed by atoms with van der Waals surface area (Å²) in [5, 5.41) is 0. The van der Waals surface area contributed by atoms with E-state index in [1.165, 1.54) is 38.5 Å². The molecule has 0 amide bonds. The molecule has 0 N–H and O–H groups in total. The van der Waals surface area contributed by atoms with Gasteiger partial charge in [0.2, 0.25) is 0 Å². The second kappa shape index (κ2) is 8.96. The minimum Gasteiger partial charge on any atom is -0.0948 e. The minimum atomic E-state index is -1.16. The third-order valence-electron chi connectivity index (χ3n) is 2.54. The zero-order valence-corrected chi connectivity index (χ0v) is 12.1. The van der Waals surface area contributed by atoms with Crippen LogP contribution in [0.2, 0.25) is 13.1 Å². The number of hydrogen-bond acceptors (Lipinski definition) is 0. The van der Waals surface area contributed by atoms with Crippen molar-refractivity contribution in [1.82, 2.24) is 0 Å². The van der Waals surface area contributed by atoms with E-state index in [-0.39, 0.29) is 0 Å². The molecule has 15 heavy (non-hydrogen) atoms. The van der Waals surface area contributed by atoms with Crippen LogP contribution in [0.4, 0.5) is 0 Å². The van der Waals surface area contributed by atoms with Crippen LogP contribution in [0.15, 0.2) is 23.6 Å². The first-order valence-electron chi connectivity index (χ1n) is 6.47. The molecule has 0 aromatic heterocycles. The summed E-state index contributed by atoms with van der Waals surface area (Å²) in [4.78, 5) is 0. The van der Waals surface area contributed by atoms with Crippen LogP contribution in [0.1, 0.15) is 52.4 Å². The maximum atomic E-state index is 2.48. The summed E-state index contributed by atoms with van der Waals surface area (Å²) < 4.78 is 0. The second-order valence-electron chi connectivity index (χ2n) is 4.91. The van der Waals surface area contributed by atoms with E-state index >= 15 is 0 Å². The van der Waals surface area contributed by atoms with Gasteiger partial charge in [0.15, 0.2) is 0 Å². The Morgan fingerprint density at radius 3 is 1.53 bits per heavy atom. The van der Waals surface area contributed by atoms with Crippen LogP contribution in [0.25, 0.3) is 0 Å². The summed E-state index contributed by atoms with van der Waals surface area (Å²) in [5.74, 6) is 0. The Hall–Kier alpha value is -0.303. The Morgan fingerprint density at radius 2 is 1.20 bits per heavy atom. The van der Waals surface area contributed by atoms with Crippen molar-refractivity contribution in [3.8, 4) is 0 Å². The van der Waals surface area contributed by atoms with E-state index < -0.39 is 8.07 Å². The monoisotopic (exact) mass is 224 g/mol. The Bertz CT molecular complexity index is 170. The zero-order chi connectivity index (χ0) is 11.6. The molecule has 0 radical (unpaired) electrons. The topological polar surface area (TPSA) is 0 Å². The lowest BCUT2D eigenvalue weighted by Crippen LogP contribution is -2.18. The van der Waals surface area contributed by atoms with Crippen molar-refractivity contribution in [1.29, 1.82) is 0 Å². The molecule has 0 atom stereocenters. The molecule has 0 heterocycles. The first-order chi connectivity index (χ1) is 7.12.